The monoisotopic (exact) mass is 424 g/mol. The zero-order valence-electron chi connectivity index (χ0n) is 21.7. The van der Waals surface area contributed by atoms with Crippen molar-refractivity contribution in [1.29, 1.82) is 0 Å². The molecule has 4 fully saturated rings. The summed E-state index contributed by atoms with van der Waals surface area (Å²) < 4.78 is 0. The molecule has 0 N–H and O–H groups in total. The van der Waals surface area contributed by atoms with Gasteiger partial charge < -0.3 is 0 Å². The van der Waals surface area contributed by atoms with Crippen LogP contribution in [-0.4, -0.2) is 5.78 Å². The van der Waals surface area contributed by atoms with Crippen molar-refractivity contribution in [2.75, 3.05) is 0 Å². The predicted octanol–water partition coefficient (Wildman–Crippen LogP) is 8.23. The Labute approximate surface area is 192 Å². The zero-order chi connectivity index (χ0) is 22.6. The average Bonchev–Trinajstić information content (AvgIpc) is 2.69. The van der Waals surface area contributed by atoms with Gasteiger partial charge in [-0.3, -0.25) is 4.79 Å². The third-order valence-electron chi connectivity index (χ3n) is 13.1. The van der Waals surface area contributed by atoms with Gasteiger partial charge in [-0.2, -0.15) is 0 Å². The van der Waals surface area contributed by atoms with Crippen molar-refractivity contribution < 1.29 is 4.79 Å². The average molecular weight is 425 g/mol. The molecule has 9 atom stereocenters. The molecule has 0 aromatic heterocycles. The van der Waals surface area contributed by atoms with Crippen LogP contribution in [0.4, 0.5) is 0 Å². The summed E-state index contributed by atoms with van der Waals surface area (Å²) in [7, 11) is 0. The number of carbonyl (C=O) groups is 1. The predicted molar refractivity (Wildman–Crippen MR) is 130 cm³/mol. The first-order chi connectivity index (χ1) is 14.3. The Morgan fingerprint density at radius 2 is 1.55 bits per heavy atom. The van der Waals surface area contributed by atoms with Crippen LogP contribution >= 0.6 is 0 Å². The van der Waals surface area contributed by atoms with Crippen LogP contribution in [0.15, 0.2) is 11.6 Å². The van der Waals surface area contributed by atoms with Gasteiger partial charge in [0.1, 0.15) is 5.78 Å². The minimum absolute atomic E-state index is 0.141. The highest BCUT2D eigenvalue weighted by molar-refractivity contribution is 5.85. The summed E-state index contributed by atoms with van der Waals surface area (Å²) in [6.07, 6.45) is 14.1. The summed E-state index contributed by atoms with van der Waals surface area (Å²) in [5, 5.41) is 0. The van der Waals surface area contributed by atoms with E-state index < -0.39 is 0 Å². The molecule has 0 unspecified atom stereocenters. The van der Waals surface area contributed by atoms with Gasteiger partial charge in [0.05, 0.1) is 0 Å². The molecule has 0 bridgehead atoms. The summed E-state index contributed by atoms with van der Waals surface area (Å²) in [6.45, 7) is 20.2. The smallest absolute Gasteiger partial charge is 0.138 e. The lowest BCUT2D eigenvalue weighted by molar-refractivity contribution is -0.185. The maximum atomic E-state index is 12.9. The highest BCUT2D eigenvalue weighted by atomic mass is 16.1. The lowest BCUT2D eigenvalue weighted by Crippen LogP contribution is -2.64. The number of hydrogen-bond acceptors (Lipinski definition) is 1. The van der Waals surface area contributed by atoms with Crippen molar-refractivity contribution in [3.05, 3.63) is 11.6 Å². The molecule has 0 amide bonds. The topological polar surface area (TPSA) is 17.1 Å². The largest absolute Gasteiger partial charge is 0.299 e. The number of carbonyl (C=O) groups excluding carboxylic acids is 1. The van der Waals surface area contributed by atoms with Crippen LogP contribution in [0.5, 0.6) is 0 Å². The van der Waals surface area contributed by atoms with Crippen molar-refractivity contribution in [3.63, 3.8) is 0 Å². The van der Waals surface area contributed by atoms with Crippen molar-refractivity contribution in [2.24, 2.45) is 56.7 Å². The molecule has 174 valence electrons. The van der Waals surface area contributed by atoms with E-state index in [4.69, 9.17) is 0 Å². The standard InChI is InChI=1S/C30H48O/c1-19-11-14-27(5)17-18-29(7)21(25(27)20(19)2)9-10-23-28(6)15-13-24(31)26(3,4)22(28)12-16-30(23,29)8/h9,19-20,22-23,25H,10-18H2,1-8H3/t19-,20+,22+,23+,25-,27-,28-,29-,30-/m1/s1. The summed E-state index contributed by atoms with van der Waals surface area (Å²) in [4.78, 5) is 12.9. The Morgan fingerprint density at radius 3 is 2.26 bits per heavy atom. The normalized spacial score (nSPS) is 55.9. The summed E-state index contributed by atoms with van der Waals surface area (Å²) in [5.74, 6) is 4.24. The fourth-order valence-electron chi connectivity index (χ4n) is 10.7. The fraction of sp³-hybridized carbons (Fsp3) is 0.900. The molecule has 0 aromatic rings. The number of Topliss-reactive ketones (excluding diaryl/α,β-unsaturated/α-hetero) is 1. The van der Waals surface area contributed by atoms with Crippen LogP contribution in [0.2, 0.25) is 0 Å². The number of allylic oxidation sites excluding steroid dienone is 2. The summed E-state index contributed by atoms with van der Waals surface area (Å²) in [6, 6.07) is 0. The van der Waals surface area contributed by atoms with Gasteiger partial charge in [-0.05, 0) is 103 Å². The van der Waals surface area contributed by atoms with Crippen LogP contribution < -0.4 is 0 Å². The third kappa shape index (κ3) is 2.59. The summed E-state index contributed by atoms with van der Waals surface area (Å²) >= 11 is 0. The highest BCUT2D eigenvalue weighted by Gasteiger charge is 2.68. The lowest BCUT2D eigenvalue weighted by atomic mass is 9.33. The van der Waals surface area contributed by atoms with Gasteiger partial charge in [-0.15, -0.1) is 0 Å². The zero-order valence-corrected chi connectivity index (χ0v) is 21.7. The van der Waals surface area contributed by atoms with E-state index in [1.807, 2.05) is 5.57 Å². The maximum Gasteiger partial charge on any atom is 0.138 e. The molecule has 4 saturated carbocycles. The van der Waals surface area contributed by atoms with Gasteiger partial charge in [0.15, 0.2) is 0 Å². The molecule has 1 heteroatoms. The van der Waals surface area contributed by atoms with Crippen LogP contribution in [0.3, 0.4) is 0 Å². The van der Waals surface area contributed by atoms with Crippen molar-refractivity contribution in [1.82, 2.24) is 0 Å². The second-order valence-corrected chi connectivity index (χ2v) is 14.4. The molecule has 5 aliphatic rings. The quantitative estimate of drug-likeness (QED) is 0.358. The van der Waals surface area contributed by atoms with Gasteiger partial charge in [-0.25, -0.2) is 0 Å². The van der Waals surface area contributed by atoms with Gasteiger partial charge >= 0.3 is 0 Å². The molecule has 31 heavy (non-hydrogen) atoms. The first kappa shape index (κ1) is 22.2. The van der Waals surface area contributed by atoms with E-state index in [0.717, 1.165) is 36.5 Å². The Morgan fingerprint density at radius 1 is 0.839 bits per heavy atom. The first-order valence-electron chi connectivity index (χ1n) is 13.6. The molecule has 0 spiro atoms. The molecular weight excluding hydrogens is 376 g/mol. The molecule has 0 aromatic carbocycles. The minimum atomic E-state index is -0.141. The molecule has 5 rings (SSSR count). The maximum absolute atomic E-state index is 12.9. The van der Waals surface area contributed by atoms with E-state index in [1.54, 1.807) is 0 Å². The number of fused-ring (bicyclic) bond motifs is 7. The Bertz CT molecular complexity index is 820. The van der Waals surface area contributed by atoms with Crippen molar-refractivity contribution in [3.8, 4) is 0 Å². The molecule has 0 radical (unpaired) electrons. The van der Waals surface area contributed by atoms with Crippen LogP contribution in [-0.2, 0) is 4.79 Å². The third-order valence-corrected chi connectivity index (χ3v) is 13.1. The van der Waals surface area contributed by atoms with Crippen LogP contribution in [0, 0.1) is 56.7 Å². The van der Waals surface area contributed by atoms with Crippen LogP contribution in [0.1, 0.15) is 113 Å². The van der Waals surface area contributed by atoms with Crippen LogP contribution in [0.25, 0.3) is 0 Å². The van der Waals surface area contributed by atoms with Gasteiger partial charge in [0, 0.05) is 11.8 Å². The van der Waals surface area contributed by atoms with E-state index in [-0.39, 0.29) is 5.41 Å². The number of hydrogen-bond donors (Lipinski definition) is 0. The molecule has 1 nitrogen and oxygen atoms in total. The first-order valence-corrected chi connectivity index (χ1v) is 13.6. The highest BCUT2D eigenvalue weighted by Crippen LogP contribution is 2.75. The van der Waals surface area contributed by atoms with Gasteiger partial charge in [-0.1, -0.05) is 67.0 Å². The second-order valence-electron chi connectivity index (χ2n) is 14.4. The van der Waals surface area contributed by atoms with Gasteiger partial charge in [0.2, 0.25) is 0 Å². The molecule has 0 heterocycles. The SMILES string of the molecule is C[C@H]1[C@H](C)CC[C@]2(C)CC[C@]3(C)C(=CC[C@H]4[C@]5(C)CCC(=O)C(C)(C)[C@@H]5CC[C@]43C)[C@@H]12. The van der Waals surface area contributed by atoms with Gasteiger partial charge in [0.25, 0.3) is 0 Å². The van der Waals surface area contributed by atoms with E-state index in [1.165, 1.54) is 44.9 Å². The number of ketones is 1. The minimum Gasteiger partial charge on any atom is -0.299 e. The van der Waals surface area contributed by atoms with E-state index in [0.29, 0.717) is 33.4 Å². The lowest BCUT2D eigenvalue weighted by Gasteiger charge is -2.71. The Hall–Kier alpha value is -0.590. The van der Waals surface area contributed by atoms with Crippen molar-refractivity contribution in [2.45, 2.75) is 113 Å². The van der Waals surface area contributed by atoms with E-state index in [9.17, 15) is 4.79 Å². The second kappa shape index (κ2) is 6.50. The Kier molecular flexibility index (Phi) is 4.66. The van der Waals surface area contributed by atoms with Crippen molar-refractivity contribution >= 4 is 5.78 Å². The van der Waals surface area contributed by atoms with E-state index in [2.05, 4.69) is 61.5 Å². The molecule has 5 aliphatic carbocycles. The Balaban J connectivity index is 1.60. The molecule has 0 aliphatic heterocycles. The van der Waals surface area contributed by atoms with E-state index >= 15 is 0 Å². The molecule has 0 saturated heterocycles. The molecular formula is C30H48O. The fourth-order valence-corrected chi connectivity index (χ4v) is 10.7. The summed E-state index contributed by atoms with van der Waals surface area (Å²) in [5.41, 5.74) is 3.26. The number of rotatable bonds is 0.